The van der Waals surface area contributed by atoms with Crippen molar-refractivity contribution in [2.75, 3.05) is 12.4 Å². The standard InChI is InChI=1S/C19H20ClN3OS/c1-12-14(20)7-6-9-15(12)22-19(24)13(2)23(3)11-18-21-16-8-4-5-10-17(16)25-18/h4-10,13H,11H2,1-3H3,(H,22,24)/t13-/m1/s1. The van der Waals surface area contributed by atoms with Gasteiger partial charge in [0.15, 0.2) is 0 Å². The molecule has 130 valence electrons. The molecule has 0 aliphatic carbocycles. The summed E-state index contributed by atoms with van der Waals surface area (Å²) in [6.45, 7) is 4.42. The van der Waals surface area contributed by atoms with Gasteiger partial charge in [0, 0.05) is 10.7 Å². The topological polar surface area (TPSA) is 45.2 Å². The zero-order valence-electron chi connectivity index (χ0n) is 14.4. The van der Waals surface area contributed by atoms with Gasteiger partial charge >= 0.3 is 0 Å². The zero-order valence-corrected chi connectivity index (χ0v) is 16.0. The number of nitrogens with zero attached hydrogens (tertiary/aromatic N) is 2. The van der Waals surface area contributed by atoms with Crippen molar-refractivity contribution >= 4 is 44.7 Å². The molecule has 4 nitrogen and oxygen atoms in total. The first-order valence-corrected chi connectivity index (χ1v) is 9.26. The van der Waals surface area contributed by atoms with Crippen LogP contribution in [0.25, 0.3) is 10.2 Å². The molecule has 3 aromatic rings. The smallest absolute Gasteiger partial charge is 0.241 e. The molecule has 1 heterocycles. The number of nitrogens with one attached hydrogen (secondary N) is 1. The third kappa shape index (κ3) is 4.00. The molecule has 2 aromatic carbocycles. The highest BCUT2D eigenvalue weighted by atomic mass is 35.5. The van der Waals surface area contributed by atoms with Crippen LogP contribution in [-0.2, 0) is 11.3 Å². The minimum Gasteiger partial charge on any atom is -0.324 e. The van der Waals surface area contributed by atoms with Crippen LogP contribution in [0, 0.1) is 6.92 Å². The zero-order chi connectivity index (χ0) is 18.0. The number of amides is 1. The first kappa shape index (κ1) is 17.9. The first-order valence-electron chi connectivity index (χ1n) is 8.06. The van der Waals surface area contributed by atoms with Crippen molar-refractivity contribution in [2.24, 2.45) is 0 Å². The Labute approximate surface area is 156 Å². The number of para-hydroxylation sites is 1. The average molecular weight is 374 g/mol. The van der Waals surface area contributed by atoms with Gasteiger partial charge in [-0.15, -0.1) is 11.3 Å². The molecule has 0 radical (unpaired) electrons. The molecule has 0 unspecified atom stereocenters. The maximum atomic E-state index is 12.6. The van der Waals surface area contributed by atoms with E-state index in [-0.39, 0.29) is 11.9 Å². The molecule has 1 amide bonds. The van der Waals surface area contributed by atoms with Crippen LogP contribution in [0.2, 0.25) is 5.02 Å². The number of fused-ring (bicyclic) bond motifs is 1. The number of rotatable bonds is 5. The molecule has 3 rings (SSSR count). The van der Waals surface area contributed by atoms with E-state index in [2.05, 4.69) is 16.4 Å². The van der Waals surface area contributed by atoms with Gasteiger partial charge in [-0.1, -0.05) is 29.8 Å². The summed E-state index contributed by atoms with van der Waals surface area (Å²) in [4.78, 5) is 19.2. The van der Waals surface area contributed by atoms with Gasteiger partial charge in [0.25, 0.3) is 0 Å². The van der Waals surface area contributed by atoms with E-state index in [1.54, 1.807) is 11.3 Å². The lowest BCUT2D eigenvalue weighted by Gasteiger charge is -2.23. The molecule has 25 heavy (non-hydrogen) atoms. The second-order valence-electron chi connectivity index (χ2n) is 6.07. The Kier molecular flexibility index (Phi) is 5.37. The molecule has 1 atom stereocenters. The molecular weight excluding hydrogens is 354 g/mol. The van der Waals surface area contributed by atoms with Gasteiger partial charge in [-0.2, -0.15) is 0 Å². The predicted molar refractivity (Wildman–Crippen MR) is 105 cm³/mol. The molecule has 0 fully saturated rings. The quantitative estimate of drug-likeness (QED) is 0.704. The van der Waals surface area contributed by atoms with E-state index in [0.29, 0.717) is 11.6 Å². The van der Waals surface area contributed by atoms with Crippen molar-refractivity contribution in [3.05, 3.63) is 58.1 Å². The van der Waals surface area contributed by atoms with Crippen molar-refractivity contribution in [3.63, 3.8) is 0 Å². The molecule has 0 aliphatic heterocycles. The van der Waals surface area contributed by atoms with Gasteiger partial charge in [-0.3, -0.25) is 9.69 Å². The Hall–Kier alpha value is -1.95. The van der Waals surface area contributed by atoms with Crippen LogP contribution < -0.4 is 5.32 Å². The highest BCUT2D eigenvalue weighted by molar-refractivity contribution is 7.18. The number of benzene rings is 2. The number of carbonyl (C=O) groups excluding carboxylic acids is 1. The summed E-state index contributed by atoms with van der Waals surface area (Å²) in [6, 6.07) is 13.3. The molecule has 1 aromatic heterocycles. The molecular formula is C19H20ClN3OS. The minimum atomic E-state index is -0.287. The van der Waals surface area contributed by atoms with Crippen molar-refractivity contribution in [3.8, 4) is 0 Å². The van der Waals surface area contributed by atoms with E-state index in [9.17, 15) is 4.79 Å². The summed E-state index contributed by atoms with van der Waals surface area (Å²) in [5, 5.41) is 4.61. The summed E-state index contributed by atoms with van der Waals surface area (Å²) in [6.07, 6.45) is 0. The number of halogens is 1. The summed E-state index contributed by atoms with van der Waals surface area (Å²) in [7, 11) is 1.93. The highest BCUT2D eigenvalue weighted by Crippen LogP contribution is 2.24. The number of carbonyl (C=O) groups is 1. The minimum absolute atomic E-state index is 0.0611. The normalized spacial score (nSPS) is 12.5. The van der Waals surface area contributed by atoms with Gasteiger partial charge in [-0.25, -0.2) is 4.98 Å². The van der Waals surface area contributed by atoms with E-state index in [1.165, 1.54) is 0 Å². The Morgan fingerprint density at radius 3 is 2.80 bits per heavy atom. The monoisotopic (exact) mass is 373 g/mol. The third-order valence-corrected chi connectivity index (χ3v) is 5.72. The van der Waals surface area contributed by atoms with Gasteiger partial charge in [0.05, 0.1) is 22.8 Å². The molecule has 0 spiro atoms. The SMILES string of the molecule is Cc1c(Cl)cccc1NC(=O)[C@@H](C)N(C)Cc1nc2ccccc2s1. The summed E-state index contributed by atoms with van der Waals surface area (Å²) >= 11 is 7.78. The lowest BCUT2D eigenvalue weighted by atomic mass is 10.2. The van der Waals surface area contributed by atoms with E-state index in [4.69, 9.17) is 11.6 Å². The Morgan fingerprint density at radius 2 is 2.04 bits per heavy atom. The molecule has 6 heteroatoms. The maximum absolute atomic E-state index is 12.6. The van der Waals surface area contributed by atoms with Gasteiger partial charge in [0.1, 0.15) is 5.01 Å². The first-order chi connectivity index (χ1) is 12.0. The van der Waals surface area contributed by atoms with Crippen LogP contribution in [0.15, 0.2) is 42.5 Å². The number of thiazole rings is 1. The van der Waals surface area contributed by atoms with Crippen LogP contribution in [0.4, 0.5) is 5.69 Å². The van der Waals surface area contributed by atoms with Crippen molar-refractivity contribution < 1.29 is 4.79 Å². The third-order valence-electron chi connectivity index (χ3n) is 4.29. The van der Waals surface area contributed by atoms with E-state index in [0.717, 1.165) is 26.5 Å². The molecule has 0 bridgehead atoms. The fourth-order valence-corrected chi connectivity index (χ4v) is 3.72. The van der Waals surface area contributed by atoms with Crippen molar-refractivity contribution in [1.29, 1.82) is 0 Å². The maximum Gasteiger partial charge on any atom is 0.241 e. The van der Waals surface area contributed by atoms with Crippen LogP contribution in [0.3, 0.4) is 0 Å². The largest absolute Gasteiger partial charge is 0.324 e. The Morgan fingerprint density at radius 1 is 1.28 bits per heavy atom. The lowest BCUT2D eigenvalue weighted by molar-refractivity contribution is -0.120. The molecule has 0 saturated carbocycles. The number of anilines is 1. The highest BCUT2D eigenvalue weighted by Gasteiger charge is 2.20. The number of hydrogen-bond donors (Lipinski definition) is 1. The fraction of sp³-hybridized carbons (Fsp3) is 0.263. The van der Waals surface area contributed by atoms with Crippen LogP contribution in [0.5, 0.6) is 0 Å². The second kappa shape index (κ2) is 7.52. The number of hydrogen-bond acceptors (Lipinski definition) is 4. The second-order valence-corrected chi connectivity index (χ2v) is 7.59. The number of likely N-dealkylation sites (N-methyl/N-ethyl adjacent to an activating group) is 1. The van der Waals surface area contributed by atoms with Crippen molar-refractivity contribution in [1.82, 2.24) is 9.88 Å². The van der Waals surface area contributed by atoms with Crippen LogP contribution >= 0.6 is 22.9 Å². The summed E-state index contributed by atoms with van der Waals surface area (Å²) in [5.41, 5.74) is 2.62. The van der Waals surface area contributed by atoms with Gasteiger partial charge in [0.2, 0.25) is 5.91 Å². The van der Waals surface area contributed by atoms with Crippen LogP contribution in [-0.4, -0.2) is 28.9 Å². The average Bonchev–Trinajstić information content (AvgIpc) is 3.00. The molecule has 1 N–H and O–H groups in total. The van der Waals surface area contributed by atoms with Crippen LogP contribution in [0.1, 0.15) is 17.5 Å². The van der Waals surface area contributed by atoms with Gasteiger partial charge < -0.3 is 5.32 Å². The van der Waals surface area contributed by atoms with E-state index in [1.807, 2.05) is 62.2 Å². The summed E-state index contributed by atoms with van der Waals surface area (Å²) < 4.78 is 1.16. The van der Waals surface area contributed by atoms with Crippen molar-refractivity contribution in [2.45, 2.75) is 26.4 Å². The lowest BCUT2D eigenvalue weighted by Crippen LogP contribution is -2.39. The van der Waals surface area contributed by atoms with Gasteiger partial charge in [-0.05, 0) is 50.7 Å². The number of aromatic nitrogens is 1. The molecule has 0 aliphatic rings. The predicted octanol–water partition coefficient (Wildman–Crippen LogP) is 4.72. The fourth-order valence-electron chi connectivity index (χ4n) is 2.52. The van der Waals surface area contributed by atoms with E-state index < -0.39 is 0 Å². The Bertz CT molecular complexity index is 876. The van der Waals surface area contributed by atoms with E-state index >= 15 is 0 Å². The Balaban J connectivity index is 1.67. The summed E-state index contributed by atoms with van der Waals surface area (Å²) in [5.74, 6) is -0.0611. The molecule has 0 saturated heterocycles.